The molecule has 0 bridgehead atoms. The lowest BCUT2D eigenvalue weighted by Crippen LogP contribution is -2.04. The molecule has 0 saturated heterocycles. The van der Waals surface area contributed by atoms with Gasteiger partial charge in [0.05, 0.1) is 5.69 Å². The Bertz CT molecular complexity index is 334. The maximum atomic E-state index is 11.0. The molecule has 0 aliphatic heterocycles. The zero-order chi connectivity index (χ0) is 10.0. The standard InChI is InChI=1S/C10H13NO2/c1-6(7(2)12)8-3-4-10(13)9(11)5-8/h3-6,13H,11H2,1-2H3. The monoisotopic (exact) mass is 179 g/mol. The number of Topliss-reactive ketones (excluding diaryl/α,β-unsaturated/α-hetero) is 1. The summed E-state index contributed by atoms with van der Waals surface area (Å²) in [5.41, 5.74) is 6.64. The van der Waals surface area contributed by atoms with Crippen LogP contribution in [0, 0.1) is 0 Å². The average molecular weight is 179 g/mol. The van der Waals surface area contributed by atoms with Crippen LogP contribution in [-0.2, 0) is 4.79 Å². The van der Waals surface area contributed by atoms with Gasteiger partial charge >= 0.3 is 0 Å². The van der Waals surface area contributed by atoms with Gasteiger partial charge in [0, 0.05) is 5.92 Å². The number of anilines is 1. The third-order valence-electron chi connectivity index (χ3n) is 2.16. The minimum absolute atomic E-state index is 0.0551. The summed E-state index contributed by atoms with van der Waals surface area (Å²) in [7, 11) is 0. The van der Waals surface area contributed by atoms with Crippen LogP contribution in [0.1, 0.15) is 25.3 Å². The second kappa shape index (κ2) is 3.47. The zero-order valence-corrected chi connectivity index (χ0v) is 7.74. The number of phenols is 1. The van der Waals surface area contributed by atoms with E-state index in [9.17, 15) is 4.79 Å². The van der Waals surface area contributed by atoms with Gasteiger partial charge in [0.15, 0.2) is 0 Å². The summed E-state index contributed by atoms with van der Waals surface area (Å²) in [6, 6.07) is 4.84. The quantitative estimate of drug-likeness (QED) is 0.536. The van der Waals surface area contributed by atoms with Crippen LogP contribution in [0.4, 0.5) is 5.69 Å². The number of hydrogen-bond acceptors (Lipinski definition) is 3. The van der Waals surface area contributed by atoms with Gasteiger partial charge in [-0.1, -0.05) is 13.0 Å². The highest BCUT2D eigenvalue weighted by Crippen LogP contribution is 2.25. The van der Waals surface area contributed by atoms with E-state index in [1.807, 2.05) is 6.92 Å². The van der Waals surface area contributed by atoms with Gasteiger partial charge in [-0.25, -0.2) is 0 Å². The predicted octanol–water partition coefficient (Wildman–Crippen LogP) is 1.67. The van der Waals surface area contributed by atoms with Gasteiger partial charge in [-0.3, -0.25) is 4.79 Å². The summed E-state index contributed by atoms with van der Waals surface area (Å²) in [5, 5.41) is 9.15. The number of hydrogen-bond donors (Lipinski definition) is 2. The molecule has 0 aromatic heterocycles. The Morgan fingerprint density at radius 3 is 2.62 bits per heavy atom. The van der Waals surface area contributed by atoms with Crippen LogP contribution in [0.5, 0.6) is 5.75 Å². The number of rotatable bonds is 2. The molecule has 3 heteroatoms. The van der Waals surface area contributed by atoms with Crippen molar-refractivity contribution in [1.82, 2.24) is 0 Å². The van der Waals surface area contributed by atoms with Crippen molar-refractivity contribution in [2.24, 2.45) is 0 Å². The van der Waals surface area contributed by atoms with Crippen molar-refractivity contribution in [1.29, 1.82) is 0 Å². The van der Waals surface area contributed by atoms with Crippen LogP contribution >= 0.6 is 0 Å². The van der Waals surface area contributed by atoms with Gasteiger partial charge in [-0.15, -0.1) is 0 Å². The number of nitrogen functional groups attached to an aromatic ring is 1. The van der Waals surface area contributed by atoms with E-state index in [4.69, 9.17) is 10.8 Å². The molecule has 1 unspecified atom stereocenters. The third-order valence-corrected chi connectivity index (χ3v) is 2.16. The van der Waals surface area contributed by atoms with E-state index in [1.54, 1.807) is 12.1 Å². The van der Waals surface area contributed by atoms with Crippen molar-refractivity contribution >= 4 is 11.5 Å². The van der Waals surface area contributed by atoms with Crippen LogP contribution in [0.3, 0.4) is 0 Å². The Hall–Kier alpha value is -1.51. The molecule has 1 aromatic carbocycles. The molecule has 0 aliphatic rings. The Morgan fingerprint density at radius 1 is 1.54 bits per heavy atom. The van der Waals surface area contributed by atoms with Gasteiger partial charge in [0.1, 0.15) is 11.5 Å². The fourth-order valence-corrected chi connectivity index (χ4v) is 1.08. The highest BCUT2D eigenvalue weighted by atomic mass is 16.3. The molecule has 1 aromatic rings. The van der Waals surface area contributed by atoms with Crippen molar-refractivity contribution in [3.63, 3.8) is 0 Å². The Labute approximate surface area is 77.2 Å². The first-order valence-electron chi connectivity index (χ1n) is 4.11. The van der Waals surface area contributed by atoms with Crippen LogP contribution in [0.25, 0.3) is 0 Å². The Kier molecular flexibility index (Phi) is 2.56. The summed E-state index contributed by atoms with van der Waals surface area (Å²) in [6.45, 7) is 3.35. The molecular weight excluding hydrogens is 166 g/mol. The molecule has 13 heavy (non-hydrogen) atoms. The van der Waals surface area contributed by atoms with E-state index in [0.29, 0.717) is 5.69 Å². The van der Waals surface area contributed by atoms with Gasteiger partial charge < -0.3 is 10.8 Å². The normalized spacial score (nSPS) is 12.5. The van der Waals surface area contributed by atoms with E-state index in [1.165, 1.54) is 13.0 Å². The van der Waals surface area contributed by atoms with E-state index in [2.05, 4.69) is 0 Å². The molecular formula is C10H13NO2. The van der Waals surface area contributed by atoms with E-state index in [-0.39, 0.29) is 17.5 Å². The first-order chi connectivity index (χ1) is 6.02. The highest BCUT2D eigenvalue weighted by molar-refractivity contribution is 5.83. The predicted molar refractivity (Wildman–Crippen MR) is 51.6 cm³/mol. The zero-order valence-electron chi connectivity index (χ0n) is 7.74. The number of benzene rings is 1. The molecule has 0 fully saturated rings. The fourth-order valence-electron chi connectivity index (χ4n) is 1.08. The number of aromatic hydroxyl groups is 1. The molecule has 0 radical (unpaired) electrons. The molecule has 0 aliphatic carbocycles. The molecule has 70 valence electrons. The molecule has 3 N–H and O–H groups in total. The van der Waals surface area contributed by atoms with Gasteiger partial charge in [0.25, 0.3) is 0 Å². The largest absolute Gasteiger partial charge is 0.506 e. The van der Waals surface area contributed by atoms with E-state index >= 15 is 0 Å². The lowest BCUT2D eigenvalue weighted by atomic mass is 9.97. The molecule has 1 atom stereocenters. The van der Waals surface area contributed by atoms with Crippen molar-refractivity contribution in [3.05, 3.63) is 23.8 Å². The van der Waals surface area contributed by atoms with Crippen molar-refractivity contribution in [2.45, 2.75) is 19.8 Å². The first-order valence-corrected chi connectivity index (χ1v) is 4.11. The topological polar surface area (TPSA) is 63.3 Å². The third kappa shape index (κ3) is 1.99. The first kappa shape index (κ1) is 9.58. The van der Waals surface area contributed by atoms with Gasteiger partial charge in [-0.2, -0.15) is 0 Å². The van der Waals surface area contributed by atoms with Crippen molar-refractivity contribution in [2.75, 3.05) is 5.73 Å². The Balaban J connectivity index is 3.03. The molecule has 3 nitrogen and oxygen atoms in total. The number of ketones is 1. The fraction of sp³-hybridized carbons (Fsp3) is 0.300. The number of nitrogens with two attached hydrogens (primary N) is 1. The summed E-state index contributed by atoms with van der Waals surface area (Å²) >= 11 is 0. The number of carbonyl (C=O) groups excluding carboxylic acids is 1. The molecule has 1 rings (SSSR count). The minimum Gasteiger partial charge on any atom is -0.506 e. The van der Waals surface area contributed by atoms with Gasteiger partial charge in [0.2, 0.25) is 0 Å². The minimum atomic E-state index is -0.164. The van der Waals surface area contributed by atoms with Crippen LogP contribution in [-0.4, -0.2) is 10.9 Å². The van der Waals surface area contributed by atoms with Crippen molar-refractivity contribution in [3.8, 4) is 5.75 Å². The molecule has 0 heterocycles. The second-order valence-corrected chi connectivity index (χ2v) is 3.15. The average Bonchev–Trinajstić information content (AvgIpc) is 2.08. The van der Waals surface area contributed by atoms with E-state index in [0.717, 1.165) is 5.56 Å². The van der Waals surface area contributed by atoms with Crippen LogP contribution in [0.15, 0.2) is 18.2 Å². The SMILES string of the molecule is CC(=O)C(C)c1ccc(O)c(N)c1. The smallest absolute Gasteiger partial charge is 0.138 e. The second-order valence-electron chi connectivity index (χ2n) is 3.15. The molecule has 0 spiro atoms. The lowest BCUT2D eigenvalue weighted by molar-refractivity contribution is -0.118. The number of phenolic OH excluding ortho intramolecular Hbond substituents is 1. The van der Waals surface area contributed by atoms with E-state index < -0.39 is 0 Å². The van der Waals surface area contributed by atoms with Crippen LogP contribution in [0.2, 0.25) is 0 Å². The van der Waals surface area contributed by atoms with Crippen LogP contribution < -0.4 is 5.73 Å². The summed E-state index contributed by atoms with van der Waals surface area (Å²) in [6.07, 6.45) is 0. The maximum Gasteiger partial charge on any atom is 0.138 e. The maximum absolute atomic E-state index is 11.0. The summed E-state index contributed by atoms with van der Waals surface area (Å²) < 4.78 is 0. The lowest BCUT2D eigenvalue weighted by Gasteiger charge is -2.08. The van der Waals surface area contributed by atoms with Crippen molar-refractivity contribution < 1.29 is 9.90 Å². The summed E-state index contributed by atoms with van der Waals surface area (Å²) in [5.74, 6) is -0.0208. The molecule has 0 saturated carbocycles. The highest BCUT2D eigenvalue weighted by Gasteiger charge is 2.11. The Morgan fingerprint density at radius 2 is 2.15 bits per heavy atom. The summed E-state index contributed by atoms with van der Waals surface area (Å²) in [4.78, 5) is 11.0. The number of carbonyl (C=O) groups is 1. The van der Waals surface area contributed by atoms with Gasteiger partial charge in [-0.05, 0) is 24.6 Å². The molecule has 0 amide bonds.